The van der Waals surface area contributed by atoms with Crippen molar-refractivity contribution in [2.75, 3.05) is 0 Å². The van der Waals surface area contributed by atoms with Crippen molar-refractivity contribution in [1.29, 1.82) is 0 Å². The maximum absolute atomic E-state index is 10.9. The van der Waals surface area contributed by atoms with E-state index in [2.05, 4.69) is 13.8 Å². The summed E-state index contributed by atoms with van der Waals surface area (Å²) in [5.41, 5.74) is 1.01. The average molecular weight is 322 g/mol. The lowest BCUT2D eigenvalue weighted by atomic mass is 9.47. The fourth-order valence-corrected chi connectivity index (χ4v) is 6.62. The van der Waals surface area contributed by atoms with Crippen LogP contribution < -0.4 is 0 Å². The Morgan fingerprint density at radius 1 is 1.00 bits per heavy atom. The van der Waals surface area contributed by atoms with E-state index in [0.717, 1.165) is 25.7 Å². The summed E-state index contributed by atoms with van der Waals surface area (Å²) in [5, 5.41) is 41.6. The van der Waals surface area contributed by atoms with Crippen molar-refractivity contribution in [2.45, 2.75) is 76.8 Å². The van der Waals surface area contributed by atoms with Gasteiger partial charge < -0.3 is 20.4 Å². The van der Waals surface area contributed by atoms with Crippen LogP contribution in [-0.4, -0.2) is 44.8 Å². The van der Waals surface area contributed by atoms with Gasteiger partial charge in [0.2, 0.25) is 0 Å². The Morgan fingerprint density at radius 2 is 1.74 bits per heavy atom. The van der Waals surface area contributed by atoms with Crippen LogP contribution in [0.1, 0.15) is 52.4 Å². The minimum Gasteiger partial charge on any atom is -0.393 e. The van der Waals surface area contributed by atoms with Crippen molar-refractivity contribution in [3.05, 3.63) is 11.6 Å². The topological polar surface area (TPSA) is 80.9 Å². The van der Waals surface area contributed by atoms with Crippen LogP contribution in [0.25, 0.3) is 0 Å². The van der Waals surface area contributed by atoms with Gasteiger partial charge in [0.25, 0.3) is 0 Å². The zero-order valence-corrected chi connectivity index (χ0v) is 14.2. The molecular weight excluding hydrogens is 292 g/mol. The Kier molecular flexibility index (Phi) is 3.52. The van der Waals surface area contributed by atoms with Gasteiger partial charge in [0.1, 0.15) is 0 Å². The molecule has 0 amide bonds. The Hall–Kier alpha value is -0.420. The number of hydrogen-bond acceptors (Lipinski definition) is 4. The molecule has 4 heteroatoms. The lowest BCUT2D eigenvalue weighted by molar-refractivity contribution is -0.110. The second kappa shape index (κ2) is 5.04. The molecule has 130 valence electrons. The zero-order chi connectivity index (χ0) is 16.6. The Labute approximate surface area is 138 Å². The fourth-order valence-electron chi connectivity index (χ4n) is 6.62. The second-order valence-electron chi connectivity index (χ2n) is 9.08. The summed E-state index contributed by atoms with van der Waals surface area (Å²) in [4.78, 5) is 0. The van der Waals surface area contributed by atoms with Gasteiger partial charge in [-0.1, -0.05) is 25.5 Å². The van der Waals surface area contributed by atoms with Gasteiger partial charge in [0, 0.05) is 0 Å². The summed E-state index contributed by atoms with van der Waals surface area (Å²) in [6.45, 7) is 4.40. The lowest BCUT2D eigenvalue weighted by Crippen LogP contribution is -2.55. The summed E-state index contributed by atoms with van der Waals surface area (Å²) in [5.74, 6) is 0.674. The van der Waals surface area contributed by atoms with E-state index >= 15 is 0 Å². The number of aliphatic hydroxyl groups excluding tert-OH is 4. The van der Waals surface area contributed by atoms with Crippen molar-refractivity contribution < 1.29 is 20.4 Å². The van der Waals surface area contributed by atoms with Crippen molar-refractivity contribution in [3.63, 3.8) is 0 Å². The van der Waals surface area contributed by atoms with Crippen molar-refractivity contribution in [2.24, 2.45) is 28.6 Å². The van der Waals surface area contributed by atoms with Gasteiger partial charge in [-0.05, 0) is 67.1 Å². The highest BCUT2D eigenvalue weighted by Crippen LogP contribution is 2.64. The van der Waals surface area contributed by atoms with Crippen LogP contribution in [0.5, 0.6) is 0 Å². The van der Waals surface area contributed by atoms with Crippen molar-refractivity contribution in [3.8, 4) is 0 Å². The SMILES string of the molecule is C[C@]12CC[C@H]3[C@@H]([C@@H](O)C=C4C[C@@H](O)CC[C@@]43C)[C@@H]1C[C@@H](O)[C@H]2O. The molecule has 0 aromatic heterocycles. The molecule has 23 heavy (non-hydrogen) atoms. The summed E-state index contributed by atoms with van der Waals surface area (Å²) >= 11 is 0. The third kappa shape index (κ3) is 2.05. The van der Waals surface area contributed by atoms with Crippen LogP contribution in [0.3, 0.4) is 0 Å². The first kappa shape index (κ1) is 16.1. The van der Waals surface area contributed by atoms with E-state index in [1.165, 1.54) is 5.57 Å². The van der Waals surface area contributed by atoms with Gasteiger partial charge in [-0.2, -0.15) is 0 Å². The van der Waals surface area contributed by atoms with E-state index in [-0.39, 0.29) is 28.8 Å². The number of fused-ring (bicyclic) bond motifs is 5. The first-order valence-corrected chi connectivity index (χ1v) is 9.21. The Bertz CT molecular complexity index is 531. The van der Waals surface area contributed by atoms with Crippen LogP contribution >= 0.6 is 0 Å². The second-order valence-corrected chi connectivity index (χ2v) is 9.08. The molecule has 0 aliphatic heterocycles. The summed E-state index contributed by atoms with van der Waals surface area (Å²) in [6, 6.07) is 0. The molecule has 9 atom stereocenters. The fraction of sp³-hybridized carbons (Fsp3) is 0.895. The monoisotopic (exact) mass is 322 g/mol. The molecule has 3 saturated carbocycles. The number of aliphatic hydroxyl groups is 4. The van der Waals surface area contributed by atoms with Gasteiger partial charge in [-0.25, -0.2) is 0 Å². The Balaban J connectivity index is 1.73. The molecule has 0 bridgehead atoms. The minimum absolute atomic E-state index is 0.0585. The number of rotatable bonds is 0. The van der Waals surface area contributed by atoms with Gasteiger partial charge >= 0.3 is 0 Å². The number of hydrogen-bond donors (Lipinski definition) is 4. The van der Waals surface area contributed by atoms with Crippen LogP contribution in [0.15, 0.2) is 11.6 Å². The van der Waals surface area contributed by atoms with Crippen LogP contribution in [0.4, 0.5) is 0 Å². The van der Waals surface area contributed by atoms with Crippen LogP contribution in [0.2, 0.25) is 0 Å². The van der Waals surface area contributed by atoms with E-state index in [0.29, 0.717) is 18.8 Å². The minimum atomic E-state index is -0.674. The van der Waals surface area contributed by atoms with Crippen LogP contribution in [0, 0.1) is 28.6 Å². The third-order valence-electron chi connectivity index (χ3n) is 8.08. The summed E-state index contributed by atoms with van der Waals surface area (Å²) in [7, 11) is 0. The normalized spacial score (nSPS) is 58.9. The predicted octanol–water partition coefficient (Wildman–Crippen LogP) is 1.61. The molecule has 0 radical (unpaired) electrons. The van der Waals surface area contributed by atoms with Gasteiger partial charge in [0.05, 0.1) is 24.4 Å². The van der Waals surface area contributed by atoms with Gasteiger partial charge in [0.15, 0.2) is 0 Å². The lowest BCUT2D eigenvalue weighted by Gasteiger charge is -2.58. The van der Waals surface area contributed by atoms with Gasteiger partial charge in [-0.15, -0.1) is 0 Å². The van der Waals surface area contributed by atoms with E-state index in [9.17, 15) is 20.4 Å². The molecule has 4 nitrogen and oxygen atoms in total. The highest BCUT2D eigenvalue weighted by Gasteiger charge is 2.62. The molecule has 4 rings (SSSR count). The summed E-state index contributed by atoms with van der Waals surface area (Å²) < 4.78 is 0. The highest BCUT2D eigenvalue weighted by molar-refractivity contribution is 5.28. The molecule has 0 aromatic rings. The van der Waals surface area contributed by atoms with E-state index in [1.807, 2.05) is 6.08 Å². The predicted molar refractivity (Wildman–Crippen MR) is 86.5 cm³/mol. The molecule has 0 aromatic carbocycles. The summed E-state index contributed by atoms with van der Waals surface area (Å²) in [6.07, 6.45) is 4.85. The highest BCUT2D eigenvalue weighted by atomic mass is 16.3. The largest absolute Gasteiger partial charge is 0.393 e. The molecule has 0 unspecified atom stereocenters. The molecule has 0 heterocycles. The molecule has 4 aliphatic carbocycles. The first-order chi connectivity index (χ1) is 10.8. The molecule has 0 spiro atoms. The molecule has 4 N–H and O–H groups in total. The molecule has 0 saturated heterocycles. The first-order valence-electron chi connectivity index (χ1n) is 9.21. The van der Waals surface area contributed by atoms with Gasteiger partial charge in [-0.3, -0.25) is 0 Å². The van der Waals surface area contributed by atoms with E-state index in [1.54, 1.807) is 0 Å². The molecule has 3 fully saturated rings. The quantitative estimate of drug-likeness (QED) is 0.511. The molecular formula is C19H30O4. The van der Waals surface area contributed by atoms with Crippen molar-refractivity contribution in [1.82, 2.24) is 0 Å². The zero-order valence-electron chi connectivity index (χ0n) is 14.2. The van der Waals surface area contributed by atoms with Crippen molar-refractivity contribution >= 4 is 0 Å². The standard InChI is InChI=1S/C19H30O4/c1-18-5-3-11(20)7-10(18)8-14(21)16-12(18)4-6-19(2)13(16)9-15(22)17(19)23/h8,11-17,20-23H,3-7,9H2,1-2H3/t11-,12-,13-,14-,15+,16+,17+,18-,19-/m0/s1. The maximum Gasteiger partial charge on any atom is 0.0855 e. The Morgan fingerprint density at radius 3 is 2.48 bits per heavy atom. The maximum atomic E-state index is 10.9. The third-order valence-corrected chi connectivity index (χ3v) is 8.08. The molecule has 4 aliphatic rings. The van der Waals surface area contributed by atoms with Crippen LogP contribution in [-0.2, 0) is 0 Å². The van der Waals surface area contributed by atoms with E-state index in [4.69, 9.17) is 0 Å². The van der Waals surface area contributed by atoms with E-state index < -0.39 is 18.3 Å². The smallest absolute Gasteiger partial charge is 0.0855 e. The average Bonchev–Trinajstić information content (AvgIpc) is 2.73.